The molecular weight excluding hydrogens is 1170 g/mol. The topological polar surface area (TPSA) is 296 Å². The molecule has 8 aromatic heterocycles. The van der Waals surface area contributed by atoms with Crippen LogP contribution in [0.5, 0.6) is 23.0 Å². The number of pyridine rings is 2. The molecule has 0 bridgehead atoms. The number of hydrogen-bond donors (Lipinski definition) is 3. The molecule has 32 heteroatoms. The third-order valence-electron chi connectivity index (χ3n) is 13.2. The van der Waals surface area contributed by atoms with Gasteiger partial charge in [-0.05, 0) is 64.1 Å². The van der Waals surface area contributed by atoms with Gasteiger partial charge in [0.2, 0.25) is 31.0 Å². The average molecular weight is 1230 g/mol. The predicted molar refractivity (Wildman–Crippen MR) is 313 cm³/mol. The first kappa shape index (κ1) is 58.5. The summed E-state index contributed by atoms with van der Waals surface area (Å²) in [4.78, 5) is 47.7. The highest BCUT2D eigenvalue weighted by molar-refractivity contribution is 8.13. The van der Waals surface area contributed by atoms with Gasteiger partial charge in [-0.25, -0.2) is 84.5 Å². The van der Waals surface area contributed by atoms with Gasteiger partial charge in [0, 0.05) is 109 Å². The van der Waals surface area contributed by atoms with Crippen LogP contribution >= 0.6 is 22.3 Å². The SMILES string of the molecule is C=CS(=O)(=O)N1CCN(c2ncc3ncnc(Nc4ccc(Oc5ccn6ncnc6c5)c(C)c4F)c3n2)C[C@H]1C.Cc1c(Oc2ccn3ncnc3c2)ccc(Nc2ncnc3cnc(N4CCN[C@H](C)C4)nc23)c1F.O=S(=O)(Cl)CCCl. The molecule has 2 aliphatic rings. The number of rotatable bonds is 14. The molecule has 10 heterocycles. The predicted octanol–water partition coefficient (Wildman–Crippen LogP) is 7.47. The van der Waals surface area contributed by atoms with Crippen LogP contribution in [0.4, 0.5) is 43.7 Å². The fraction of sp³-hybridized carbons (Fsp3) is 0.269. The van der Waals surface area contributed by atoms with Gasteiger partial charge in [0.25, 0.3) is 0 Å². The number of ether oxygens (including phenoxy) is 2. The van der Waals surface area contributed by atoms with E-state index in [0.29, 0.717) is 110 Å². The van der Waals surface area contributed by atoms with Crippen LogP contribution in [0.25, 0.3) is 33.4 Å². The van der Waals surface area contributed by atoms with Gasteiger partial charge in [0.15, 0.2) is 34.6 Å². The molecule has 0 aliphatic carbocycles. The Morgan fingerprint density at radius 1 is 0.690 bits per heavy atom. The monoisotopic (exact) mass is 1220 g/mol. The lowest BCUT2D eigenvalue weighted by atomic mass is 10.1. The molecule has 436 valence electrons. The molecule has 0 spiro atoms. The fourth-order valence-corrected chi connectivity index (χ4v) is 11.3. The number of nitrogens with one attached hydrogen (secondary N) is 3. The molecule has 2 aromatic carbocycles. The highest BCUT2D eigenvalue weighted by Gasteiger charge is 2.32. The van der Waals surface area contributed by atoms with Gasteiger partial charge >= 0.3 is 0 Å². The van der Waals surface area contributed by atoms with Crippen LogP contribution in [0.15, 0.2) is 111 Å². The lowest BCUT2D eigenvalue weighted by Gasteiger charge is -2.38. The number of sulfonamides is 1. The van der Waals surface area contributed by atoms with E-state index in [9.17, 15) is 16.8 Å². The van der Waals surface area contributed by atoms with Crippen molar-refractivity contribution >= 4 is 110 Å². The van der Waals surface area contributed by atoms with E-state index in [1.165, 1.54) is 29.6 Å². The van der Waals surface area contributed by atoms with Crippen LogP contribution in [0, 0.1) is 25.5 Å². The largest absolute Gasteiger partial charge is 0.457 e. The van der Waals surface area contributed by atoms with Crippen molar-refractivity contribution in [1.29, 1.82) is 0 Å². The number of fused-ring (bicyclic) bond motifs is 4. The second-order valence-electron chi connectivity index (χ2n) is 19.0. The van der Waals surface area contributed by atoms with E-state index in [-0.39, 0.29) is 35.6 Å². The third-order valence-corrected chi connectivity index (χ3v) is 16.4. The van der Waals surface area contributed by atoms with E-state index in [1.54, 1.807) is 96.2 Å². The molecule has 2 aliphatic heterocycles. The lowest BCUT2D eigenvalue weighted by Crippen LogP contribution is -2.53. The summed E-state index contributed by atoms with van der Waals surface area (Å²) >= 11 is 5.02. The Labute approximate surface area is 488 Å². The molecule has 10 aromatic rings. The summed E-state index contributed by atoms with van der Waals surface area (Å²) in [6.07, 6.45) is 12.3. The molecule has 2 saturated heterocycles. The van der Waals surface area contributed by atoms with Crippen LogP contribution in [-0.2, 0) is 19.1 Å². The molecule has 0 saturated carbocycles. The van der Waals surface area contributed by atoms with Crippen molar-refractivity contribution in [2.75, 3.05) is 71.3 Å². The fourth-order valence-electron chi connectivity index (χ4n) is 8.96. The summed E-state index contributed by atoms with van der Waals surface area (Å²) in [5.41, 5.74) is 4.27. The summed E-state index contributed by atoms with van der Waals surface area (Å²) in [7, 11) is -2.15. The first-order chi connectivity index (χ1) is 40.3. The number of piperazine rings is 2. The normalized spacial score (nSPS) is 15.8. The second kappa shape index (κ2) is 25.0. The van der Waals surface area contributed by atoms with E-state index < -0.39 is 30.7 Å². The second-order valence-corrected chi connectivity index (χ2v) is 24.1. The summed E-state index contributed by atoms with van der Waals surface area (Å²) in [5.74, 6) is 2.40. The number of hydrogen-bond acceptors (Lipinski definition) is 23. The van der Waals surface area contributed by atoms with Crippen molar-refractivity contribution < 1.29 is 35.1 Å². The van der Waals surface area contributed by atoms with Crippen molar-refractivity contribution in [3.63, 3.8) is 0 Å². The Hall–Kier alpha value is -8.68. The first-order valence-corrected chi connectivity index (χ1v) is 30.2. The van der Waals surface area contributed by atoms with Crippen molar-refractivity contribution in [1.82, 2.24) is 78.7 Å². The van der Waals surface area contributed by atoms with Gasteiger partial charge in [0.1, 0.15) is 70.4 Å². The molecule has 3 N–H and O–H groups in total. The van der Waals surface area contributed by atoms with Gasteiger partial charge in [-0.2, -0.15) is 14.5 Å². The molecule has 84 heavy (non-hydrogen) atoms. The van der Waals surface area contributed by atoms with E-state index in [1.807, 2.05) is 11.8 Å². The van der Waals surface area contributed by atoms with Gasteiger partial charge < -0.3 is 35.2 Å². The molecule has 2 fully saturated rings. The first-order valence-electron chi connectivity index (χ1n) is 25.7. The number of benzene rings is 2. The summed E-state index contributed by atoms with van der Waals surface area (Å²) < 4.78 is 91.8. The third kappa shape index (κ3) is 13.4. The zero-order chi connectivity index (χ0) is 59.3. The van der Waals surface area contributed by atoms with Crippen LogP contribution in [0.2, 0.25) is 0 Å². The van der Waals surface area contributed by atoms with Crippen LogP contribution in [0.1, 0.15) is 25.0 Å². The zero-order valence-electron chi connectivity index (χ0n) is 45.2. The Balaban J connectivity index is 0.000000169. The van der Waals surface area contributed by atoms with E-state index in [2.05, 4.69) is 89.4 Å². The molecule has 0 amide bonds. The smallest absolute Gasteiger partial charge is 0.235 e. The standard InChI is InChI=1S/C26H25FN10O3S.C24H23FN10O.C2H4Cl2O2S/c1-4-41(38,39)37-10-9-35(13-16(37)2)26-28-12-20-24(34-26)25(31-14-29-20)33-19-5-6-21(17(3)23(19)27)40-18-7-8-36-22(11-18)30-15-32-36;1-14-11-34(8-6-26-14)24-27-10-18-22(33-24)23(30-12-28-18)32-17-3-4-19(15(2)21(17)25)36-16-5-7-35-20(9-16)29-13-31-35;3-1-2-7(4,5)6/h4-8,11-12,14-16H,1,9-10,13H2,2-3H3,(H,29,31,33);3-5,7,9-10,12-14,26H,6,8,11H2,1-2H3,(H,28,30,32);1-2H2/t16-;14-;/m11./s1. The molecule has 26 nitrogen and oxygen atoms in total. The molecule has 0 unspecified atom stereocenters. The maximum Gasteiger partial charge on any atom is 0.235 e. The number of alkyl halides is 1. The van der Waals surface area contributed by atoms with E-state index >= 15 is 8.78 Å². The number of aromatic nitrogens is 14. The number of halogens is 4. The van der Waals surface area contributed by atoms with Crippen LogP contribution in [0.3, 0.4) is 0 Å². The zero-order valence-corrected chi connectivity index (χ0v) is 48.4. The van der Waals surface area contributed by atoms with Gasteiger partial charge in [-0.3, -0.25) is 0 Å². The summed E-state index contributed by atoms with van der Waals surface area (Å²) in [6, 6.07) is 13.5. The van der Waals surface area contributed by atoms with Gasteiger partial charge in [-0.1, -0.05) is 6.58 Å². The molecule has 12 rings (SSSR count). The van der Waals surface area contributed by atoms with Crippen molar-refractivity contribution in [2.45, 2.75) is 39.8 Å². The minimum Gasteiger partial charge on any atom is -0.457 e. The highest BCUT2D eigenvalue weighted by atomic mass is 35.7. The van der Waals surface area contributed by atoms with Gasteiger partial charge in [0.05, 0.1) is 29.5 Å². The number of nitrogens with zero attached hydrogens (tertiary/aromatic N) is 17. The summed E-state index contributed by atoms with van der Waals surface area (Å²) in [5, 5.41) is 18.6. The molecule has 0 radical (unpaired) electrons. The Morgan fingerprint density at radius 3 is 1.65 bits per heavy atom. The maximum absolute atomic E-state index is 15.5. The average Bonchev–Trinajstić information content (AvgIpc) is 3.40. The van der Waals surface area contributed by atoms with E-state index in [4.69, 9.17) is 36.7 Å². The van der Waals surface area contributed by atoms with Crippen molar-refractivity contribution in [3.8, 4) is 23.0 Å². The Bertz CT molecular complexity index is 4300. The van der Waals surface area contributed by atoms with Crippen LogP contribution < -0.4 is 35.2 Å². The van der Waals surface area contributed by atoms with Crippen molar-refractivity contribution in [3.05, 3.63) is 133 Å². The lowest BCUT2D eigenvalue weighted by molar-refractivity contribution is 0.308. The molecular formula is C52H52Cl2F2N20O6S2. The minimum atomic E-state index is -3.54. The quantitative estimate of drug-likeness (QED) is 0.0702. The maximum atomic E-state index is 15.5. The highest BCUT2D eigenvalue weighted by Crippen LogP contribution is 2.35. The summed E-state index contributed by atoms with van der Waals surface area (Å²) in [6.45, 7) is 14.1. The van der Waals surface area contributed by atoms with Crippen LogP contribution in [-0.4, -0.2) is 153 Å². The Morgan fingerprint density at radius 2 is 1.20 bits per heavy atom. The molecule has 2 atom stereocenters. The van der Waals surface area contributed by atoms with Crippen molar-refractivity contribution in [2.24, 2.45) is 0 Å². The van der Waals surface area contributed by atoms with E-state index in [0.717, 1.165) is 25.0 Å². The minimum absolute atomic E-state index is 0.0613. The number of anilines is 6. The Kier molecular flexibility index (Phi) is 17.4. The van der Waals surface area contributed by atoms with Gasteiger partial charge in [-0.15, -0.1) is 11.6 Å².